The SMILES string of the molecule is Cc1cccc(NC(=O)Cn2c(=O)n(C)c(=O)c3ccccc32)c1C. The zero-order chi connectivity index (χ0) is 18.1. The lowest BCUT2D eigenvalue weighted by Gasteiger charge is -2.13. The van der Waals surface area contributed by atoms with E-state index < -0.39 is 5.69 Å². The summed E-state index contributed by atoms with van der Waals surface area (Å²) < 4.78 is 2.34. The van der Waals surface area contributed by atoms with Crippen LogP contribution < -0.4 is 16.6 Å². The highest BCUT2D eigenvalue weighted by molar-refractivity contribution is 5.92. The quantitative estimate of drug-likeness (QED) is 0.794. The van der Waals surface area contributed by atoms with Gasteiger partial charge in [-0.1, -0.05) is 24.3 Å². The van der Waals surface area contributed by atoms with Crippen molar-refractivity contribution in [3.8, 4) is 0 Å². The summed E-state index contributed by atoms with van der Waals surface area (Å²) in [6.07, 6.45) is 0. The van der Waals surface area contributed by atoms with Crippen molar-refractivity contribution in [3.63, 3.8) is 0 Å². The minimum absolute atomic E-state index is 0.166. The second kappa shape index (κ2) is 6.39. The molecule has 0 bridgehead atoms. The van der Waals surface area contributed by atoms with Crippen LogP contribution in [0.3, 0.4) is 0 Å². The van der Waals surface area contributed by atoms with E-state index in [2.05, 4.69) is 5.32 Å². The van der Waals surface area contributed by atoms with Gasteiger partial charge in [0.25, 0.3) is 5.56 Å². The monoisotopic (exact) mass is 337 g/mol. The molecule has 1 heterocycles. The third kappa shape index (κ3) is 2.98. The Balaban J connectivity index is 2.01. The number of carbonyl (C=O) groups excluding carboxylic acids is 1. The first-order chi connectivity index (χ1) is 11.9. The molecule has 0 unspecified atom stereocenters. The number of benzene rings is 2. The first-order valence-corrected chi connectivity index (χ1v) is 7.95. The van der Waals surface area contributed by atoms with Gasteiger partial charge in [0.15, 0.2) is 0 Å². The van der Waals surface area contributed by atoms with E-state index in [9.17, 15) is 14.4 Å². The Kier molecular flexibility index (Phi) is 4.27. The van der Waals surface area contributed by atoms with Gasteiger partial charge in [-0.3, -0.25) is 18.7 Å². The lowest BCUT2D eigenvalue weighted by atomic mass is 10.1. The number of rotatable bonds is 3. The van der Waals surface area contributed by atoms with Crippen molar-refractivity contribution in [2.24, 2.45) is 7.05 Å². The van der Waals surface area contributed by atoms with E-state index in [4.69, 9.17) is 0 Å². The van der Waals surface area contributed by atoms with Gasteiger partial charge in [-0.2, -0.15) is 0 Å². The summed E-state index contributed by atoms with van der Waals surface area (Å²) >= 11 is 0. The zero-order valence-corrected chi connectivity index (χ0v) is 14.4. The molecular weight excluding hydrogens is 318 g/mol. The van der Waals surface area contributed by atoms with Crippen molar-refractivity contribution in [2.45, 2.75) is 20.4 Å². The Morgan fingerprint density at radius 3 is 2.52 bits per heavy atom. The Morgan fingerprint density at radius 2 is 1.76 bits per heavy atom. The van der Waals surface area contributed by atoms with Crippen molar-refractivity contribution in [2.75, 3.05) is 5.32 Å². The number of anilines is 1. The Morgan fingerprint density at radius 1 is 1.04 bits per heavy atom. The smallest absolute Gasteiger partial charge is 0.324 e. The van der Waals surface area contributed by atoms with Gasteiger partial charge in [-0.25, -0.2) is 4.79 Å². The summed E-state index contributed by atoms with van der Waals surface area (Å²) in [5, 5.41) is 3.25. The fourth-order valence-corrected chi connectivity index (χ4v) is 2.81. The Bertz CT molecular complexity index is 1090. The summed E-state index contributed by atoms with van der Waals surface area (Å²) in [7, 11) is 1.41. The lowest BCUT2D eigenvalue weighted by Crippen LogP contribution is -2.40. The highest BCUT2D eigenvalue weighted by Crippen LogP contribution is 2.18. The fourth-order valence-electron chi connectivity index (χ4n) is 2.81. The molecule has 0 spiro atoms. The lowest BCUT2D eigenvalue weighted by molar-refractivity contribution is -0.116. The molecule has 6 nitrogen and oxygen atoms in total. The van der Waals surface area contributed by atoms with Crippen LogP contribution >= 0.6 is 0 Å². The number of aromatic nitrogens is 2. The standard InChI is InChI=1S/C19H19N3O3/c1-12-7-6-9-15(13(12)2)20-17(23)11-22-16-10-5-4-8-14(16)18(24)21(3)19(22)25/h4-10H,11H2,1-3H3,(H,20,23). The van der Waals surface area contributed by atoms with Crippen LogP contribution in [0.2, 0.25) is 0 Å². The average molecular weight is 337 g/mol. The maximum absolute atomic E-state index is 12.5. The predicted molar refractivity (Wildman–Crippen MR) is 98.0 cm³/mol. The second-order valence-electron chi connectivity index (χ2n) is 6.05. The van der Waals surface area contributed by atoms with Gasteiger partial charge in [-0.05, 0) is 43.2 Å². The summed E-state index contributed by atoms with van der Waals surface area (Å²) in [5.41, 5.74) is 2.33. The molecule has 1 N–H and O–H groups in total. The van der Waals surface area contributed by atoms with Gasteiger partial charge in [0, 0.05) is 12.7 Å². The van der Waals surface area contributed by atoms with E-state index in [1.807, 2.05) is 32.0 Å². The molecule has 0 fully saturated rings. The number of aryl methyl sites for hydroxylation is 1. The van der Waals surface area contributed by atoms with E-state index in [0.29, 0.717) is 16.6 Å². The molecule has 0 aliphatic heterocycles. The van der Waals surface area contributed by atoms with Crippen molar-refractivity contribution in [1.82, 2.24) is 9.13 Å². The molecule has 128 valence electrons. The number of nitrogens with one attached hydrogen (secondary N) is 1. The Labute approximate surface area is 144 Å². The summed E-state index contributed by atoms with van der Waals surface area (Å²) in [6.45, 7) is 3.73. The van der Waals surface area contributed by atoms with Crippen LogP contribution in [0.1, 0.15) is 11.1 Å². The van der Waals surface area contributed by atoms with E-state index in [1.54, 1.807) is 24.3 Å². The van der Waals surface area contributed by atoms with Crippen LogP contribution in [0.4, 0.5) is 5.69 Å². The molecule has 1 aromatic heterocycles. The minimum Gasteiger partial charge on any atom is -0.324 e. The molecular formula is C19H19N3O3. The molecule has 0 aliphatic rings. The molecule has 0 saturated heterocycles. The van der Waals surface area contributed by atoms with E-state index >= 15 is 0 Å². The normalized spacial score (nSPS) is 10.8. The largest absolute Gasteiger partial charge is 0.331 e. The van der Waals surface area contributed by atoms with Crippen molar-refractivity contribution in [1.29, 1.82) is 0 Å². The van der Waals surface area contributed by atoms with E-state index in [0.717, 1.165) is 15.7 Å². The van der Waals surface area contributed by atoms with E-state index in [1.165, 1.54) is 11.6 Å². The number of nitrogens with zero attached hydrogens (tertiary/aromatic N) is 2. The molecule has 0 atom stereocenters. The summed E-state index contributed by atoms with van der Waals surface area (Å²) in [4.78, 5) is 37.1. The molecule has 2 aromatic carbocycles. The second-order valence-corrected chi connectivity index (χ2v) is 6.05. The molecule has 1 amide bonds. The highest BCUT2D eigenvalue weighted by Gasteiger charge is 2.14. The van der Waals surface area contributed by atoms with Crippen molar-refractivity contribution in [3.05, 3.63) is 74.4 Å². The van der Waals surface area contributed by atoms with Crippen LogP contribution in [0.5, 0.6) is 0 Å². The van der Waals surface area contributed by atoms with Crippen LogP contribution in [0.25, 0.3) is 10.9 Å². The minimum atomic E-state index is -0.514. The maximum atomic E-state index is 12.5. The number of fused-ring (bicyclic) bond motifs is 1. The fraction of sp³-hybridized carbons (Fsp3) is 0.211. The van der Waals surface area contributed by atoms with Crippen molar-refractivity contribution < 1.29 is 4.79 Å². The third-order valence-corrected chi connectivity index (χ3v) is 4.43. The number of amides is 1. The van der Waals surface area contributed by atoms with E-state index in [-0.39, 0.29) is 18.0 Å². The van der Waals surface area contributed by atoms with Gasteiger partial charge in [0.2, 0.25) is 5.91 Å². The number of carbonyl (C=O) groups is 1. The zero-order valence-electron chi connectivity index (χ0n) is 14.4. The van der Waals surface area contributed by atoms with Crippen LogP contribution in [0, 0.1) is 13.8 Å². The molecule has 6 heteroatoms. The predicted octanol–water partition coefficient (Wildman–Crippen LogP) is 1.96. The number of para-hydroxylation sites is 1. The highest BCUT2D eigenvalue weighted by atomic mass is 16.2. The van der Waals surface area contributed by atoms with Crippen LogP contribution in [-0.4, -0.2) is 15.0 Å². The summed E-state index contributed by atoms with van der Waals surface area (Å²) in [6, 6.07) is 12.4. The third-order valence-electron chi connectivity index (χ3n) is 4.43. The van der Waals surface area contributed by atoms with Crippen LogP contribution in [0.15, 0.2) is 52.1 Å². The van der Waals surface area contributed by atoms with Crippen LogP contribution in [-0.2, 0) is 18.4 Å². The number of hydrogen-bond donors (Lipinski definition) is 1. The average Bonchev–Trinajstić information content (AvgIpc) is 2.61. The van der Waals surface area contributed by atoms with Gasteiger partial charge in [-0.15, -0.1) is 0 Å². The molecule has 0 radical (unpaired) electrons. The van der Waals surface area contributed by atoms with Gasteiger partial charge >= 0.3 is 5.69 Å². The molecule has 0 aliphatic carbocycles. The molecule has 25 heavy (non-hydrogen) atoms. The Hall–Kier alpha value is -3.15. The van der Waals surface area contributed by atoms with Gasteiger partial charge in [0.1, 0.15) is 6.54 Å². The molecule has 3 rings (SSSR count). The topological polar surface area (TPSA) is 73.1 Å². The first kappa shape index (κ1) is 16.7. The first-order valence-electron chi connectivity index (χ1n) is 7.95. The van der Waals surface area contributed by atoms with Crippen molar-refractivity contribution >= 4 is 22.5 Å². The van der Waals surface area contributed by atoms with Gasteiger partial charge in [0.05, 0.1) is 10.9 Å². The summed E-state index contributed by atoms with van der Waals surface area (Å²) in [5.74, 6) is -0.320. The molecule has 0 saturated carbocycles. The number of hydrogen-bond acceptors (Lipinski definition) is 3. The van der Waals surface area contributed by atoms with Gasteiger partial charge < -0.3 is 5.32 Å². The molecule has 3 aromatic rings. The maximum Gasteiger partial charge on any atom is 0.331 e.